The SMILES string of the molecule is S=C1NCCCCNC(=S)c2ncccc21. The molecule has 3 nitrogen and oxygen atoms in total. The van der Waals surface area contributed by atoms with Gasteiger partial charge in [-0.2, -0.15) is 0 Å². The van der Waals surface area contributed by atoms with E-state index < -0.39 is 0 Å². The van der Waals surface area contributed by atoms with Gasteiger partial charge in [0.15, 0.2) is 0 Å². The Hall–Kier alpha value is -1.07. The molecule has 0 atom stereocenters. The lowest BCUT2D eigenvalue weighted by molar-refractivity contribution is 0.692. The van der Waals surface area contributed by atoms with E-state index in [4.69, 9.17) is 24.4 Å². The fourth-order valence-corrected chi connectivity index (χ4v) is 2.13. The average Bonchev–Trinajstić information content (AvgIpc) is 2.32. The molecule has 0 radical (unpaired) electrons. The maximum Gasteiger partial charge on any atom is 0.126 e. The van der Waals surface area contributed by atoms with Gasteiger partial charge in [0, 0.05) is 24.8 Å². The van der Waals surface area contributed by atoms with Crippen LogP contribution in [0.15, 0.2) is 18.3 Å². The Kier molecular flexibility index (Phi) is 3.79. The fraction of sp³-hybridized carbons (Fsp3) is 0.364. The van der Waals surface area contributed by atoms with E-state index in [1.165, 1.54) is 0 Å². The van der Waals surface area contributed by atoms with Crippen LogP contribution in [-0.2, 0) is 0 Å². The summed E-state index contributed by atoms with van der Waals surface area (Å²) in [6.07, 6.45) is 3.91. The summed E-state index contributed by atoms with van der Waals surface area (Å²) in [7, 11) is 0. The molecule has 0 saturated carbocycles. The summed E-state index contributed by atoms with van der Waals surface area (Å²) in [6.45, 7) is 1.80. The van der Waals surface area contributed by atoms with Crippen LogP contribution in [0.5, 0.6) is 0 Å². The predicted molar refractivity (Wildman–Crippen MR) is 72.9 cm³/mol. The minimum Gasteiger partial charge on any atom is -0.376 e. The van der Waals surface area contributed by atoms with Crippen LogP contribution in [0.2, 0.25) is 0 Å². The molecule has 0 saturated heterocycles. The number of thiocarbonyl (C=S) groups is 2. The van der Waals surface area contributed by atoms with Gasteiger partial charge in [-0.05, 0) is 25.0 Å². The minimum absolute atomic E-state index is 0.682. The molecular weight excluding hydrogens is 238 g/mol. The third-order valence-corrected chi connectivity index (χ3v) is 3.14. The standard InChI is InChI=1S/C11H13N3S2/c15-10-8-4-3-7-12-9(8)11(16)14-6-2-1-5-13-10/h3-4,7H,1-2,5-6H2,(H,13,15)(H,14,16). The number of hydrogen-bond acceptors (Lipinski definition) is 3. The molecule has 0 bridgehead atoms. The van der Waals surface area contributed by atoms with E-state index >= 15 is 0 Å². The number of hydrogen-bond donors (Lipinski definition) is 2. The number of rotatable bonds is 0. The number of aromatic nitrogens is 1. The van der Waals surface area contributed by atoms with Gasteiger partial charge < -0.3 is 10.6 Å². The van der Waals surface area contributed by atoms with Crippen LogP contribution < -0.4 is 10.6 Å². The van der Waals surface area contributed by atoms with Crippen LogP contribution >= 0.6 is 24.4 Å². The summed E-state index contributed by atoms with van der Waals surface area (Å²) in [5.41, 5.74) is 1.69. The van der Waals surface area contributed by atoms with Crippen molar-refractivity contribution in [1.29, 1.82) is 0 Å². The Morgan fingerprint density at radius 2 is 1.75 bits per heavy atom. The number of pyridine rings is 1. The van der Waals surface area contributed by atoms with Crippen molar-refractivity contribution in [3.8, 4) is 0 Å². The van der Waals surface area contributed by atoms with Gasteiger partial charge in [-0.1, -0.05) is 24.4 Å². The largest absolute Gasteiger partial charge is 0.376 e. The molecule has 1 aliphatic rings. The second-order valence-corrected chi connectivity index (χ2v) is 4.43. The molecule has 1 aliphatic heterocycles. The molecule has 0 fully saturated rings. The molecule has 2 N–H and O–H groups in total. The van der Waals surface area contributed by atoms with Crippen LogP contribution in [0.25, 0.3) is 0 Å². The average molecular weight is 251 g/mol. The summed E-state index contributed by atoms with van der Waals surface area (Å²) in [5.74, 6) is 0. The molecule has 0 aliphatic carbocycles. The minimum atomic E-state index is 0.682. The van der Waals surface area contributed by atoms with Crippen LogP contribution in [0.1, 0.15) is 24.1 Å². The van der Waals surface area contributed by atoms with Gasteiger partial charge in [0.25, 0.3) is 0 Å². The topological polar surface area (TPSA) is 37.0 Å². The lowest BCUT2D eigenvalue weighted by atomic mass is 10.1. The molecule has 0 amide bonds. The van der Waals surface area contributed by atoms with E-state index in [1.54, 1.807) is 6.20 Å². The van der Waals surface area contributed by atoms with Crippen molar-refractivity contribution in [3.63, 3.8) is 0 Å². The molecular formula is C11H13N3S2. The molecule has 0 spiro atoms. The smallest absolute Gasteiger partial charge is 0.126 e. The van der Waals surface area contributed by atoms with Crippen molar-refractivity contribution in [2.75, 3.05) is 13.1 Å². The van der Waals surface area contributed by atoms with Gasteiger partial charge in [0.05, 0.1) is 0 Å². The van der Waals surface area contributed by atoms with Gasteiger partial charge in [-0.25, -0.2) is 0 Å². The lowest BCUT2D eigenvalue weighted by Crippen LogP contribution is -2.32. The number of nitrogens with zero attached hydrogens (tertiary/aromatic N) is 1. The highest BCUT2D eigenvalue weighted by atomic mass is 32.1. The third kappa shape index (κ3) is 2.54. The summed E-state index contributed by atoms with van der Waals surface area (Å²) in [4.78, 5) is 5.71. The van der Waals surface area contributed by atoms with Crippen LogP contribution in [0, 0.1) is 0 Å². The van der Waals surface area contributed by atoms with Gasteiger partial charge in [0.2, 0.25) is 0 Å². The second-order valence-electron chi connectivity index (χ2n) is 3.62. The highest BCUT2D eigenvalue weighted by Gasteiger charge is 2.13. The van der Waals surface area contributed by atoms with Crippen molar-refractivity contribution in [1.82, 2.24) is 15.6 Å². The first kappa shape index (κ1) is 11.4. The van der Waals surface area contributed by atoms with Crippen molar-refractivity contribution >= 4 is 34.4 Å². The number of fused-ring (bicyclic) bond motifs is 1. The summed E-state index contributed by atoms with van der Waals surface area (Å²) in [6, 6.07) is 3.83. The summed E-state index contributed by atoms with van der Waals surface area (Å²) in [5, 5.41) is 6.44. The Labute approximate surface area is 106 Å². The molecule has 16 heavy (non-hydrogen) atoms. The number of nitrogens with one attached hydrogen (secondary N) is 2. The molecule has 1 aromatic heterocycles. The van der Waals surface area contributed by atoms with Crippen molar-refractivity contribution in [3.05, 3.63) is 29.6 Å². The molecule has 0 aromatic carbocycles. The zero-order chi connectivity index (χ0) is 11.4. The molecule has 1 aromatic rings. The monoisotopic (exact) mass is 251 g/mol. The van der Waals surface area contributed by atoms with E-state index in [1.807, 2.05) is 12.1 Å². The molecule has 5 heteroatoms. The first-order valence-corrected chi connectivity index (χ1v) is 6.12. The summed E-state index contributed by atoms with van der Waals surface area (Å²) < 4.78 is 0. The lowest BCUT2D eigenvalue weighted by Gasteiger charge is -2.15. The first-order valence-electron chi connectivity index (χ1n) is 5.30. The molecule has 0 unspecified atom stereocenters. The fourth-order valence-electron chi connectivity index (χ4n) is 1.60. The van der Waals surface area contributed by atoms with E-state index in [0.29, 0.717) is 4.99 Å². The third-order valence-electron chi connectivity index (χ3n) is 2.44. The predicted octanol–water partition coefficient (Wildman–Crippen LogP) is 1.41. The first-order chi connectivity index (χ1) is 7.79. The molecule has 2 heterocycles. The highest BCUT2D eigenvalue weighted by Crippen LogP contribution is 2.08. The van der Waals surface area contributed by atoms with Gasteiger partial charge >= 0.3 is 0 Å². The Balaban J connectivity index is 2.36. The van der Waals surface area contributed by atoms with Crippen LogP contribution in [-0.4, -0.2) is 28.1 Å². The quantitative estimate of drug-likeness (QED) is 0.682. The maximum atomic E-state index is 5.33. The van der Waals surface area contributed by atoms with Gasteiger partial charge in [-0.15, -0.1) is 0 Å². The summed E-state index contributed by atoms with van der Waals surface area (Å²) >= 11 is 10.6. The van der Waals surface area contributed by atoms with Gasteiger partial charge in [0.1, 0.15) is 15.7 Å². The Morgan fingerprint density at radius 3 is 2.50 bits per heavy atom. The van der Waals surface area contributed by atoms with Crippen molar-refractivity contribution < 1.29 is 0 Å². The van der Waals surface area contributed by atoms with E-state index in [9.17, 15) is 0 Å². The zero-order valence-electron chi connectivity index (χ0n) is 8.82. The second kappa shape index (κ2) is 5.32. The van der Waals surface area contributed by atoms with Crippen LogP contribution in [0.3, 0.4) is 0 Å². The van der Waals surface area contributed by atoms with E-state index in [-0.39, 0.29) is 0 Å². The van der Waals surface area contributed by atoms with Gasteiger partial charge in [-0.3, -0.25) is 4.98 Å². The zero-order valence-corrected chi connectivity index (χ0v) is 10.5. The maximum absolute atomic E-state index is 5.33. The molecule has 2 rings (SSSR count). The Bertz CT molecular complexity index is 378. The van der Waals surface area contributed by atoms with E-state index in [2.05, 4.69) is 15.6 Å². The Morgan fingerprint density at radius 1 is 1.06 bits per heavy atom. The highest BCUT2D eigenvalue weighted by molar-refractivity contribution is 7.81. The van der Waals surface area contributed by atoms with Crippen molar-refractivity contribution in [2.45, 2.75) is 12.8 Å². The van der Waals surface area contributed by atoms with E-state index in [0.717, 1.165) is 42.2 Å². The normalized spacial score (nSPS) is 17.0. The van der Waals surface area contributed by atoms with Crippen molar-refractivity contribution in [2.24, 2.45) is 0 Å². The van der Waals surface area contributed by atoms with Crippen LogP contribution in [0.4, 0.5) is 0 Å². The molecule has 84 valence electrons.